The lowest BCUT2D eigenvalue weighted by molar-refractivity contribution is 0.135. The summed E-state index contributed by atoms with van der Waals surface area (Å²) in [6, 6.07) is 4.96. The van der Waals surface area contributed by atoms with Crippen molar-refractivity contribution in [2.45, 2.75) is 38.8 Å². The van der Waals surface area contributed by atoms with Crippen molar-refractivity contribution in [1.82, 2.24) is 9.80 Å². The van der Waals surface area contributed by atoms with Gasteiger partial charge in [0.2, 0.25) is 0 Å². The third-order valence-corrected chi connectivity index (χ3v) is 4.35. The fraction of sp³-hybridized carbons (Fsp3) is 0.625. The molecule has 1 aliphatic rings. The molecule has 1 fully saturated rings. The minimum Gasteiger partial charge on any atom is -0.508 e. The summed E-state index contributed by atoms with van der Waals surface area (Å²) in [5.74, 6) is -0.328. The van der Waals surface area contributed by atoms with Gasteiger partial charge in [0, 0.05) is 36.8 Å². The zero-order chi connectivity index (χ0) is 14.7. The molecule has 1 N–H and O–H groups in total. The molecule has 1 aliphatic heterocycles. The summed E-state index contributed by atoms with van der Waals surface area (Å²) in [6.45, 7) is 7.36. The quantitative estimate of drug-likeness (QED) is 0.922. The summed E-state index contributed by atoms with van der Waals surface area (Å²) in [7, 11) is 2.15. The molecule has 3 nitrogen and oxygen atoms in total. The van der Waals surface area contributed by atoms with Crippen LogP contribution in [0.5, 0.6) is 5.75 Å². The molecule has 2 unspecified atom stereocenters. The van der Waals surface area contributed by atoms with Crippen molar-refractivity contribution in [2.24, 2.45) is 0 Å². The Hall–Kier alpha value is -1.13. The van der Waals surface area contributed by atoms with Crippen LogP contribution in [0.4, 0.5) is 4.39 Å². The second-order valence-corrected chi connectivity index (χ2v) is 5.80. The predicted molar refractivity (Wildman–Crippen MR) is 79.4 cm³/mol. The second kappa shape index (κ2) is 6.55. The molecule has 20 heavy (non-hydrogen) atoms. The monoisotopic (exact) mass is 280 g/mol. The average Bonchev–Trinajstić information content (AvgIpc) is 2.59. The molecular formula is C16H25FN2O. The minimum absolute atomic E-state index is 0.0129. The summed E-state index contributed by atoms with van der Waals surface area (Å²) in [4.78, 5) is 4.76. The Morgan fingerprint density at radius 2 is 2.15 bits per heavy atom. The normalized spacial score (nSPS) is 23.5. The number of nitrogens with zero attached hydrogens (tertiary/aromatic N) is 2. The summed E-state index contributed by atoms with van der Waals surface area (Å²) >= 11 is 0. The van der Waals surface area contributed by atoms with Crippen molar-refractivity contribution >= 4 is 0 Å². The molecule has 2 atom stereocenters. The van der Waals surface area contributed by atoms with E-state index in [1.807, 2.05) is 0 Å². The standard InChI is InChI=1S/C16H25FN2O/c1-4-13-11-18(3)8-5-9-19(13)12(2)15-7-6-14(20)10-16(15)17/h6-7,10,12-13,20H,4-5,8-9,11H2,1-3H3. The van der Waals surface area contributed by atoms with Gasteiger partial charge in [0.05, 0.1) is 0 Å². The predicted octanol–water partition coefficient (Wildman–Crippen LogP) is 3.01. The number of hydrogen-bond acceptors (Lipinski definition) is 3. The largest absolute Gasteiger partial charge is 0.508 e. The van der Waals surface area contributed by atoms with Crippen molar-refractivity contribution < 1.29 is 9.50 Å². The third-order valence-electron chi connectivity index (χ3n) is 4.35. The molecule has 0 amide bonds. The Morgan fingerprint density at radius 3 is 2.80 bits per heavy atom. The molecule has 1 aromatic carbocycles. The van der Waals surface area contributed by atoms with Crippen molar-refractivity contribution in [2.75, 3.05) is 26.7 Å². The number of phenols is 1. The molecule has 1 heterocycles. The number of phenolic OH excluding ortho intramolecular Hbond substituents is 1. The van der Waals surface area contributed by atoms with E-state index in [1.165, 1.54) is 6.07 Å². The van der Waals surface area contributed by atoms with Gasteiger partial charge in [-0.3, -0.25) is 4.90 Å². The Morgan fingerprint density at radius 1 is 1.40 bits per heavy atom. The van der Waals surface area contributed by atoms with Crippen LogP contribution >= 0.6 is 0 Å². The van der Waals surface area contributed by atoms with Gasteiger partial charge in [0.15, 0.2) is 0 Å². The maximum Gasteiger partial charge on any atom is 0.131 e. The summed E-state index contributed by atoms with van der Waals surface area (Å²) in [5.41, 5.74) is 0.672. The summed E-state index contributed by atoms with van der Waals surface area (Å²) in [6.07, 6.45) is 2.17. The molecule has 0 bridgehead atoms. The Labute approximate surface area is 121 Å². The topological polar surface area (TPSA) is 26.7 Å². The van der Waals surface area contributed by atoms with Gasteiger partial charge in [-0.2, -0.15) is 0 Å². The molecule has 2 rings (SSSR count). The van der Waals surface area contributed by atoms with Crippen LogP contribution in [-0.2, 0) is 0 Å². The summed E-state index contributed by atoms with van der Waals surface area (Å²) in [5, 5.41) is 9.35. The summed E-state index contributed by atoms with van der Waals surface area (Å²) < 4.78 is 14.1. The van der Waals surface area contributed by atoms with Crippen LogP contribution in [0.2, 0.25) is 0 Å². The fourth-order valence-corrected chi connectivity index (χ4v) is 3.17. The molecule has 0 aliphatic carbocycles. The van der Waals surface area contributed by atoms with E-state index in [0.29, 0.717) is 11.6 Å². The van der Waals surface area contributed by atoms with Crippen molar-refractivity contribution in [3.05, 3.63) is 29.6 Å². The fourth-order valence-electron chi connectivity index (χ4n) is 3.17. The van der Waals surface area contributed by atoms with E-state index in [1.54, 1.807) is 12.1 Å². The first kappa shape index (κ1) is 15.3. The first-order chi connectivity index (χ1) is 9.52. The van der Waals surface area contributed by atoms with Gasteiger partial charge in [-0.05, 0) is 39.4 Å². The van der Waals surface area contributed by atoms with Crippen LogP contribution in [0.25, 0.3) is 0 Å². The van der Waals surface area contributed by atoms with Gasteiger partial charge in [-0.25, -0.2) is 4.39 Å². The van der Waals surface area contributed by atoms with Gasteiger partial charge < -0.3 is 10.0 Å². The van der Waals surface area contributed by atoms with E-state index in [4.69, 9.17) is 0 Å². The van der Waals surface area contributed by atoms with E-state index in [2.05, 4.69) is 30.7 Å². The highest BCUT2D eigenvalue weighted by molar-refractivity contribution is 5.29. The highest BCUT2D eigenvalue weighted by atomic mass is 19.1. The maximum absolute atomic E-state index is 14.1. The van der Waals surface area contributed by atoms with Crippen LogP contribution < -0.4 is 0 Å². The molecule has 112 valence electrons. The van der Waals surface area contributed by atoms with Gasteiger partial charge in [0.1, 0.15) is 11.6 Å². The molecule has 0 aromatic heterocycles. The van der Waals surface area contributed by atoms with Gasteiger partial charge >= 0.3 is 0 Å². The second-order valence-electron chi connectivity index (χ2n) is 5.80. The molecular weight excluding hydrogens is 255 g/mol. The van der Waals surface area contributed by atoms with Crippen LogP contribution in [0, 0.1) is 5.82 Å². The highest BCUT2D eigenvalue weighted by Crippen LogP contribution is 2.29. The lowest BCUT2D eigenvalue weighted by Gasteiger charge is -2.35. The van der Waals surface area contributed by atoms with Crippen LogP contribution in [0.15, 0.2) is 18.2 Å². The van der Waals surface area contributed by atoms with E-state index < -0.39 is 0 Å². The van der Waals surface area contributed by atoms with Crippen LogP contribution in [0.3, 0.4) is 0 Å². The molecule has 1 aromatic rings. The molecule has 0 spiro atoms. The molecule has 0 radical (unpaired) electrons. The lowest BCUT2D eigenvalue weighted by atomic mass is 10.0. The zero-order valence-corrected chi connectivity index (χ0v) is 12.6. The van der Waals surface area contributed by atoms with Crippen LogP contribution in [-0.4, -0.2) is 47.6 Å². The van der Waals surface area contributed by atoms with Crippen molar-refractivity contribution in [1.29, 1.82) is 0 Å². The average molecular weight is 280 g/mol. The number of halogens is 1. The van der Waals surface area contributed by atoms with Gasteiger partial charge in [0.25, 0.3) is 0 Å². The highest BCUT2D eigenvalue weighted by Gasteiger charge is 2.28. The molecule has 1 saturated heterocycles. The Kier molecular flexibility index (Phi) is 5.00. The van der Waals surface area contributed by atoms with E-state index >= 15 is 0 Å². The first-order valence-corrected chi connectivity index (χ1v) is 7.45. The lowest BCUT2D eigenvalue weighted by Crippen LogP contribution is -2.41. The Bertz CT molecular complexity index is 452. The maximum atomic E-state index is 14.1. The number of benzene rings is 1. The van der Waals surface area contributed by atoms with Crippen LogP contribution in [0.1, 0.15) is 38.3 Å². The van der Waals surface area contributed by atoms with Crippen molar-refractivity contribution in [3.8, 4) is 5.75 Å². The Balaban J connectivity index is 2.23. The number of rotatable bonds is 3. The van der Waals surface area contributed by atoms with Crippen molar-refractivity contribution in [3.63, 3.8) is 0 Å². The van der Waals surface area contributed by atoms with E-state index in [0.717, 1.165) is 32.5 Å². The minimum atomic E-state index is -0.315. The number of hydrogen-bond donors (Lipinski definition) is 1. The van der Waals surface area contributed by atoms with Gasteiger partial charge in [-0.1, -0.05) is 13.0 Å². The zero-order valence-electron chi connectivity index (χ0n) is 12.6. The van der Waals surface area contributed by atoms with Gasteiger partial charge in [-0.15, -0.1) is 0 Å². The third kappa shape index (κ3) is 3.30. The number of aromatic hydroxyl groups is 1. The van der Waals surface area contributed by atoms with E-state index in [9.17, 15) is 9.50 Å². The number of likely N-dealkylation sites (N-methyl/N-ethyl adjacent to an activating group) is 1. The molecule has 4 heteroatoms. The first-order valence-electron chi connectivity index (χ1n) is 7.45. The SMILES string of the molecule is CCC1CN(C)CCCN1C(C)c1ccc(O)cc1F. The molecule has 0 saturated carbocycles. The van der Waals surface area contributed by atoms with E-state index in [-0.39, 0.29) is 17.6 Å². The smallest absolute Gasteiger partial charge is 0.131 e.